The minimum Gasteiger partial charge on any atom is -0.310 e. The molecule has 46 heavy (non-hydrogen) atoms. The van der Waals surface area contributed by atoms with Gasteiger partial charge < -0.3 is 4.90 Å². The number of fused-ring (bicyclic) bond motifs is 3. The molecule has 1 aliphatic carbocycles. The van der Waals surface area contributed by atoms with Crippen LogP contribution in [0.1, 0.15) is 22.3 Å². The molecule has 0 spiro atoms. The molecule has 0 radical (unpaired) electrons. The SMILES string of the molecule is C(#CC1(c2ccccc2)c2ccccc2-c2cccc(N(c3ccccc3)c3ccc(-c4ccccc4)cc3)c21)c1ccccc1. The molecule has 7 aromatic rings. The summed E-state index contributed by atoms with van der Waals surface area (Å²) in [7, 11) is 0. The number of hydrogen-bond acceptors (Lipinski definition) is 1. The zero-order valence-electron chi connectivity index (χ0n) is 25.3. The van der Waals surface area contributed by atoms with Gasteiger partial charge in [0.2, 0.25) is 0 Å². The van der Waals surface area contributed by atoms with E-state index in [-0.39, 0.29) is 0 Å². The summed E-state index contributed by atoms with van der Waals surface area (Å²) in [6.07, 6.45) is 0. The largest absolute Gasteiger partial charge is 0.310 e. The molecule has 1 nitrogen and oxygen atoms in total. The molecular formula is C45H31N. The Labute approximate surface area is 271 Å². The maximum atomic E-state index is 3.89. The summed E-state index contributed by atoms with van der Waals surface area (Å²) in [4.78, 5) is 2.39. The van der Waals surface area contributed by atoms with Crippen LogP contribution in [0.5, 0.6) is 0 Å². The van der Waals surface area contributed by atoms with Gasteiger partial charge in [0.05, 0.1) is 5.69 Å². The summed E-state index contributed by atoms with van der Waals surface area (Å²) in [5.41, 5.74) is 12.0. The van der Waals surface area contributed by atoms with Gasteiger partial charge in [0.25, 0.3) is 0 Å². The molecule has 0 amide bonds. The van der Waals surface area contributed by atoms with Gasteiger partial charge in [-0.1, -0.05) is 157 Å². The third kappa shape index (κ3) is 4.69. The normalized spacial score (nSPS) is 14.4. The predicted molar refractivity (Wildman–Crippen MR) is 192 cm³/mol. The maximum Gasteiger partial charge on any atom is 0.110 e. The molecule has 7 aromatic carbocycles. The van der Waals surface area contributed by atoms with Crippen LogP contribution in [0.2, 0.25) is 0 Å². The van der Waals surface area contributed by atoms with Crippen molar-refractivity contribution in [1.29, 1.82) is 0 Å². The molecule has 1 aliphatic rings. The summed E-state index contributed by atoms with van der Waals surface area (Å²) in [5, 5.41) is 0. The lowest BCUT2D eigenvalue weighted by Crippen LogP contribution is -2.27. The zero-order chi connectivity index (χ0) is 30.8. The van der Waals surface area contributed by atoms with E-state index in [2.05, 4.69) is 199 Å². The van der Waals surface area contributed by atoms with Crippen molar-refractivity contribution < 1.29 is 0 Å². The van der Waals surface area contributed by atoms with Crippen molar-refractivity contribution >= 4 is 17.1 Å². The molecule has 8 rings (SSSR count). The van der Waals surface area contributed by atoms with E-state index in [4.69, 9.17) is 0 Å². The first-order chi connectivity index (χ1) is 22.8. The predicted octanol–water partition coefficient (Wildman–Crippen LogP) is 11.2. The summed E-state index contributed by atoms with van der Waals surface area (Å²) in [6.45, 7) is 0. The fraction of sp³-hybridized carbons (Fsp3) is 0.0222. The molecule has 0 N–H and O–H groups in total. The van der Waals surface area contributed by atoms with E-state index in [9.17, 15) is 0 Å². The Kier molecular flexibility index (Phi) is 7.02. The van der Waals surface area contributed by atoms with Crippen LogP contribution in [-0.2, 0) is 5.41 Å². The van der Waals surface area contributed by atoms with Crippen LogP contribution >= 0.6 is 0 Å². The standard InChI is InChI=1S/C45H31N/c1-5-16-34(17-6-1)32-33-45(37-20-9-3-10-21-37)42-26-14-13-24-40(42)41-25-15-27-43(44(41)45)46(38-22-11-4-12-23-38)39-30-28-36(29-31-39)35-18-7-2-8-19-35/h1-31H. The molecular weight excluding hydrogens is 555 g/mol. The minimum absolute atomic E-state index is 0.698. The fourth-order valence-electron chi connectivity index (χ4n) is 6.84. The lowest BCUT2D eigenvalue weighted by Gasteiger charge is -2.34. The third-order valence-electron chi connectivity index (χ3n) is 8.90. The Morgan fingerprint density at radius 3 is 1.67 bits per heavy atom. The molecule has 0 aromatic heterocycles. The second-order valence-electron chi connectivity index (χ2n) is 11.6. The van der Waals surface area contributed by atoms with Gasteiger partial charge >= 0.3 is 0 Å². The molecule has 0 saturated carbocycles. The summed E-state index contributed by atoms with van der Waals surface area (Å²) < 4.78 is 0. The first-order valence-corrected chi connectivity index (χ1v) is 15.7. The first kappa shape index (κ1) is 27.4. The lowest BCUT2D eigenvalue weighted by atomic mass is 9.72. The molecule has 0 bridgehead atoms. The van der Waals surface area contributed by atoms with E-state index in [1.165, 1.54) is 33.4 Å². The topological polar surface area (TPSA) is 3.24 Å². The Hall–Kier alpha value is -6.10. The van der Waals surface area contributed by atoms with Crippen molar-refractivity contribution in [1.82, 2.24) is 0 Å². The molecule has 0 heterocycles. The summed E-state index contributed by atoms with van der Waals surface area (Å²) >= 11 is 0. The van der Waals surface area contributed by atoms with Crippen molar-refractivity contribution in [3.05, 3.63) is 210 Å². The van der Waals surface area contributed by atoms with Crippen LogP contribution in [0.25, 0.3) is 22.3 Å². The van der Waals surface area contributed by atoms with Gasteiger partial charge in [-0.05, 0) is 75.8 Å². The fourth-order valence-corrected chi connectivity index (χ4v) is 6.84. The monoisotopic (exact) mass is 585 g/mol. The van der Waals surface area contributed by atoms with Crippen molar-refractivity contribution in [2.75, 3.05) is 4.90 Å². The van der Waals surface area contributed by atoms with Crippen LogP contribution in [-0.4, -0.2) is 0 Å². The highest BCUT2D eigenvalue weighted by molar-refractivity contribution is 5.94. The number of nitrogens with zero attached hydrogens (tertiary/aromatic N) is 1. The van der Waals surface area contributed by atoms with E-state index in [1.54, 1.807) is 0 Å². The number of anilines is 3. The highest BCUT2D eigenvalue weighted by Crippen LogP contribution is 2.57. The van der Waals surface area contributed by atoms with Gasteiger partial charge in [-0.15, -0.1) is 0 Å². The molecule has 0 saturated heterocycles. The van der Waals surface area contributed by atoms with Crippen LogP contribution in [0.4, 0.5) is 17.1 Å². The van der Waals surface area contributed by atoms with E-state index in [0.29, 0.717) is 0 Å². The second-order valence-corrected chi connectivity index (χ2v) is 11.6. The van der Waals surface area contributed by atoms with Gasteiger partial charge in [0.1, 0.15) is 5.41 Å². The van der Waals surface area contributed by atoms with Gasteiger partial charge in [0, 0.05) is 22.5 Å². The number of benzene rings is 7. The van der Waals surface area contributed by atoms with Crippen molar-refractivity contribution in [3.63, 3.8) is 0 Å². The highest BCUT2D eigenvalue weighted by atomic mass is 15.1. The van der Waals surface area contributed by atoms with Gasteiger partial charge in [-0.3, -0.25) is 0 Å². The van der Waals surface area contributed by atoms with Gasteiger partial charge in [-0.25, -0.2) is 0 Å². The van der Waals surface area contributed by atoms with Gasteiger partial charge in [0.15, 0.2) is 0 Å². The van der Waals surface area contributed by atoms with E-state index in [1.807, 2.05) is 6.07 Å². The lowest BCUT2D eigenvalue weighted by molar-refractivity contribution is 0.835. The van der Waals surface area contributed by atoms with Crippen LogP contribution < -0.4 is 4.90 Å². The molecule has 0 aliphatic heterocycles. The number of rotatable bonds is 5. The Bertz CT molecular complexity index is 2180. The van der Waals surface area contributed by atoms with Crippen molar-refractivity contribution in [2.24, 2.45) is 0 Å². The van der Waals surface area contributed by atoms with Crippen LogP contribution in [0.3, 0.4) is 0 Å². The number of para-hydroxylation sites is 1. The molecule has 0 fully saturated rings. The average molecular weight is 586 g/mol. The molecule has 1 unspecified atom stereocenters. The van der Waals surface area contributed by atoms with Gasteiger partial charge in [-0.2, -0.15) is 0 Å². The van der Waals surface area contributed by atoms with E-state index < -0.39 is 5.41 Å². The van der Waals surface area contributed by atoms with Crippen LogP contribution in [0.15, 0.2) is 188 Å². The van der Waals surface area contributed by atoms with E-state index >= 15 is 0 Å². The number of hydrogen-bond donors (Lipinski definition) is 0. The third-order valence-corrected chi connectivity index (χ3v) is 8.90. The Morgan fingerprint density at radius 2 is 0.957 bits per heavy atom. The highest BCUT2D eigenvalue weighted by Gasteiger charge is 2.46. The van der Waals surface area contributed by atoms with Crippen molar-refractivity contribution in [2.45, 2.75) is 5.41 Å². The van der Waals surface area contributed by atoms with Crippen molar-refractivity contribution in [3.8, 4) is 34.1 Å². The minimum atomic E-state index is -0.698. The Balaban J connectivity index is 1.41. The summed E-state index contributed by atoms with van der Waals surface area (Å²) in [5.74, 6) is 7.50. The second kappa shape index (κ2) is 11.8. The Morgan fingerprint density at radius 1 is 0.413 bits per heavy atom. The van der Waals surface area contributed by atoms with Crippen LogP contribution in [0, 0.1) is 11.8 Å². The first-order valence-electron chi connectivity index (χ1n) is 15.7. The zero-order valence-corrected chi connectivity index (χ0v) is 25.3. The molecule has 1 atom stereocenters. The maximum absolute atomic E-state index is 3.89. The molecule has 216 valence electrons. The quantitative estimate of drug-likeness (QED) is 0.182. The molecule has 1 heteroatoms. The average Bonchev–Trinajstić information content (AvgIpc) is 3.44. The van der Waals surface area contributed by atoms with E-state index in [0.717, 1.165) is 28.2 Å². The summed E-state index contributed by atoms with van der Waals surface area (Å²) in [6, 6.07) is 66.7. The smallest absolute Gasteiger partial charge is 0.110 e.